The summed E-state index contributed by atoms with van der Waals surface area (Å²) in [7, 11) is 2.89. The fourth-order valence-corrected chi connectivity index (χ4v) is 3.78. The lowest BCUT2D eigenvalue weighted by Crippen LogP contribution is -2.24. The van der Waals surface area contributed by atoms with Crippen LogP contribution < -0.4 is 31.2 Å². The van der Waals surface area contributed by atoms with E-state index in [1.165, 1.54) is 32.4 Å². The van der Waals surface area contributed by atoms with E-state index in [0.717, 1.165) is 0 Å². The van der Waals surface area contributed by atoms with Gasteiger partial charge in [-0.25, -0.2) is 0 Å². The van der Waals surface area contributed by atoms with E-state index in [9.17, 15) is 19.2 Å². The van der Waals surface area contributed by atoms with Crippen LogP contribution in [-0.4, -0.2) is 14.2 Å². The summed E-state index contributed by atoms with van der Waals surface area (Å²) >= 11 is 0. The molecular weight excluding hydrogens is 376 g/mol. The Bertz CT molecular complexity index is 1700. The highest BCUT2D eigenvalue weighted by Crippen LogP contribution is 2.30. The van der Waals surface area contributed by atoms with Crippen LogP contribution in [0.4, 0.5) is 0 Å². The van der Waals surface area contributed by atoms with Gasteiger partial charge in [-0.05, 0) is 36.4 Å². The van der Waals surface area contributed by atoms with Crippen LogP contribution in [0.5, 0.6) is 11.5 Å². The van der Waals surface area contributed by atoms with Crippen LogP contribution in [0.25, 0.3) is 43.5 Å². The smallest absolute Gasteiger partial charge is 0.238 e. The van der Waals surface area contributed by atoms with Gasteiger partial charge < -0.3 is 13.9 Å². The van der Waals surface area contributed by atoms with Crippen LogP contribution in [0.2, 0.25) is 0 Å². The first-order valence-corrected chi connectivity index (χ1v) is 8.68. The minimum absolute atomic E-state index is 0.0405. The molecule has 0 aliphatic carbocycles. The van der Waals surface area contributed by atoms with Crippen molar-refractivity contribution in [2.24, 2.45) is 0 Å². The predicted molar refractivity (Wildman–Crippen MR) is 109 cm³/mol. The van der Waals surface area contributed by atoms with Crippen molar-refractivity contribution in [3.63, 3.8) is 0 Å². The van der Waals surface area contributed by atoms with Crippen LogP contribution in [0, 0.1) is 0 Å². The van der Waals surface area contributed by atoms with E-state index in [1.54, 1.807) is 18.2 Å². The molecule has 1 aromatic heterocycles. The Balaban J connectivity index is 2.11. The summed E-state index contributed by atoms with van der Waals surface area (Å²) in [6.07, 6.45) is 0. The summed E-state index contributed by atoms with van der Waals surface area (Å²) in [5.41, 5.74) is -2.96. The van der Waals surface area contributed by atoms with Gasteiger partial charge >= 0.3 is 0 Å². The molecule has 0 atom stereocenters. The first-order chi connectivity index (χ1) is 14.0. The van der Waals surface area contributed by atoms with Crippen molar-refractivity contribution in [1.29, 1.82) is 0 Å². The molecule has 0 saturated heterocycles. The van der Waals surface area contributed by atoms with Gasteiger partial charge in [-0.3, -0.25) is 19.2 Å². The molecule has 0 unspecified atom stereocenters. The number of benzene rings is 4. The number of hydrogen-bond donors (Lipinski definition) is 0. The van der Waals surface area contributed by atoms with Crippen molar-refractivity contribution >= 4 is 43.5 Å². The summed E-state index contributed by atoms with van der Waals surface area (Å²) in [4.78, 5) is 51.7. The Morgan fingerprint density at radius 2 is 1.14 bits per heavy atom. The SMILES string of the molecule is COc1ccc2c(=O)c3c(oc4c5ccc(OC)cc5c(=O)c(=O)c43)c(=O)c2c1. The highest BCUT2D eigenvalue weighted by atomic mass is 16.5. The number of furan rings is 1. The van der Waals surface area contributed by atoms with Gasteiger partial charge in [-0.15, -0.1) is 0 Å². The van der Waals surface area contributed by atoms with Gasteiger partial charge in [0.25, 0.3) is 0 Å². The first kappa shape index (κ1) is 17.1. The second-order valence-electron chi connectivity index (χ2n) is 6.65. The molecule has 0 N–H and O–H groups in total. The van der Waals surface area contributed by atoms with Crippen LogP contribution in [0.15, 0.2) is 60.0 Å². The Hall–Kier alpha value is -4.00. The minimum atomic E-state index is -0.885. The maximum absolute atomic E-state index is 13.1. The second-order valence-corrected chi connectivity index (χ2v) is 6.65. The lowest BCUT2D eigenvalue weighted by atomic mass is 10.0. The minimum Gasteiger partial charge on any atom is -0.497 e. The highest BCUT2D eigenvalue weighted by molar-refractivity contribution is 6.17. The molecule has 5 rings (SSSR count). The van der Waals surface area contributed by atoms with E-state index in [4.69, 9.17) is 13.9 Å². The molecule has 7 nitrogen and oxygen atoms in total. The van der Waals surface area contributed by atoms with Crippen LogP contribution in [0.3, 0.4) is 0 Å². The molecule has 0 radical (unpaired) electrons. The van der Waals surface area contributed by atoms with Crippen molar-refractivity contribution < 1.29 is 13.9 Å². The lowest BCUT2D eigenvalue weighted by Gasteiger charge is -2.01. The van der Waals surface area contributed by atoms with Gasteiger partial charge in [0.1, 0.15) is 17.1 Å². The normalized spacial score (nSPS) is 11.7. The average molecular weight is 388 g/mol. The standard InChI is InChI=1S/C22H12O7/c1-27-9-3-5-11-13(7-9)19(25)22-15(17(11)23)16-20(26)18(24)14-8-10(28-2)4-6-12(14)21(16)29-22/h3-8H,1-2H3. The van der Waals surface area contributed by atoms with E-state index < -0.39 is 21.7 Å². The molecular formula is C22H12O7. The van der Waals surface area contributed by atoms with Crippen molar-refractivity contribution in [1.82, 2.24) is 0 Å². The van der Waals surface area contributed by atoms with Gasteiger partial charge in [-0.2, -0.15) is 0 Å². The van der Waals surface area contributed by atoms with Crippen LogP contribution in [-0.2, 0) is 0 Å². The summed E-state index contributed by atoms with van der Waals surface area (Å²) in [6.45, 7) is 0. The van der Waals surface area contributed by atoms with Crippen molar-refractivity contribution in [3.8, 4) is 11.5 Å². The predicted octanol–water partition coefficient (Wildman–Crippen LogP) is 2.23. The molecule has 5 aromatic rings. The topological polar surface area (TPSA) is 99.9 Å². The molecule has 0 aliphatic rings. The summed E-state index contributed by atoms with van der Waals surface area (Å²) in [5.74, 6) is 0.810. The first-order valence-electron chi connectivity index (χ1n) is 8.68. The van der Waals surface area contributed by atoms with E-state index in [-0.39, 0.29) is 38.1 Å². The quantitative estimate of drug-likeness (QED) is 0.428. The Kier molecular flexibility index (Phi) is 3.39. The van der Waals surface area contributed by atoms with Gasteiger partial charge in [0, 0.05) is 21.5 Å². The molecule has 0 amide bonds. The van der Waals surface area contributed by atoms with Gasteiger partial charge in [0.15, 0.2) is 11.0 Å². The summed E-state index contributed by atoms with van der Waals surface area (Å²) < 4.78 is 16.0. The Labute approximate surface area is 161 Å². The molecule has 142 valence electrons. The largest absolute Gasteiger partial charge is 0.497 e. The van der Waals surface area contributed by atoms with E-state index in [2.05, 4.69) is 0 Å². The average Bonchev–Trinajstić information content (AvgIpc) is 3.16. The second kappa shape index (κ2) is 5.75. The van der Waals surface area contributed by atoms with Gasteiger partial charge in [0.2, 0.25) is 16.3 Å². The fourth-order valence-electron chi connectivity index (χ4n) is 3.78. The zero-order chi connectivity index (χ0) is 20.4. The number of hydrogen-bond acceptors (Lipinski definition) is 7. The maximum atomic E-state index is 13.1. The molecule has 0 aliphatic heterocycles. The Morgan fingerprint density at radius 1 is 0.586 bits per heavy atom. The van der Waals surface area contributed by atoms with Crippen molar-refractivity contribution in [2.75, 3.05) is 14.2 Å². The van der Waals surface area contributed by atoms with Gasteiger partial charge in [0.05, 0.1) is 25.0 Å². The van der Waals surface area contributed by atoms with E-state index in [1.807, 2.05) is 0 Å². The lowest BCUT2D eigenvalue weighted by molar-refractivity contribution is 0.415. The van der Waals surface area contributed by atoms with Crippen molar-refractivity contribution in [3.05, 3.63) is 77.3 Å². The van der Waals surface area contributed by atoms with Crippen LogP contribution >= 0.6 is 0 Å². The van der Waals surface area contributed by atoms with Gasteiger partial charge in [-0.1, -0.05) is 0 Å². The molecule has 29 heavy (non-hydrogen) atoms. The molecule has 0 saturated carbocycles. The highest BCUT2D eigenvalue weighted by Gasteiger charge is 2.23. The summed E-state index contributed by atoms with van der Waals surface area (Å²) in [5, 5.41) is 0.369. The molecule has 7 heteroatoms. The molecule has 0 spiro atoms. The zero-order valence-electron chi connectivity index (χ0n) is 15.3. The maximum Gasteiger partial charge on any atom is 0.238 e. The summed E-state index contributed by atoms with van der Waals surface area (Å²) in [6, 6.07) is 9.07. The number of ether oxygens (including phenoxy) is 2. The zero-order valence-corrected chi connectivity index (χ0v) is 15.3. The molecule has 4 aromatic carbocycles. The third-order valence-corrected chi connectivity index (χ3v) is 5.21. The molecule has 1 heterocycles. The molecule has 0 bridgehead atoms. The third-order valence-electron chi connectivity index (χ3n) is 5.21. The monoisotopic (exact) mass is 388 g/mol. The van der Waals surface area contributed by atoms with Crippen molar-refractivity contribution in [2.45, 2.75) is 0 Å². The number of rotatable bonds is 2. The van der Waals surface area contributed by atoms with Crippen LogP contribution in [0.1, 0.15) is 0 Å². The number of fused-ring (bicyclic) bond motifs is 6. The third kappa shape index (κ3) is 2.12. The number of methoxy groups -OCH3 is 2. The van der Waals surface area contributed by atoms with E-state index >= 15 is 0 Å². The molecule has 0 fully saturated rings. The fraction of sp³-hybridized carbons (Fsp3) is 0.0909. The van der Waals surface area contributed by atoms with E-state index in [0.29, 0.717) is 16.9 Å². The Morgan fingerprint density at radius 3 is 1.76 bits per heavy atom.